The zero-order valence-corrected chi connectivity index (χ0v) is 17.1. The molecule has 0 saturated heterocycles. The largest absolute Gasteiger partial charge is 0.337 e. The number of carbonyl (C=O) groups excluding carboxylic acids is 1. The van der Waals surface area contributed by atoms with E-state index >= 15 is 0 Å². The Kier molecular flexibility index (Phi) is 6.80. The van der Waals surface area contributed by atoms with Gasteiger partial charge in [0.1, 0.15) is 0 Å². The summed E-state index contributed by atoms with van der Waals surface area (Å²) in [5.74, 6) is -0.158. The predicted molar refractivity (Wildman–Crippen MR) is 114 cm³/mol. The van der Waals surface area contributed by atoms with Gasteiger partial charge in [0.15, 0.2) is 0 Å². The fourth-order valence-electron chi connectivity index (χ4n) is 2.98. The Labute approximate surface area is 172 Å². The summed E-state index contributed by atoms with van der Waals surface area (Å²) in [5.41, 5.74) is 2.55. The normalized spacial score (nSPS) is 11.2. The third kappa shape index (κ3) is 5.76. The lowest BCUT2D eigenvalue weighted by atomic mass is 10.1. The highest BCUT2D eigenvalue weighted by Crippen LogP contribution is 2.13. The van der Waals surface area contributed by atoms with Gasteiger partial charge in [-0.15, -0.1) is 0 Å². The summed E-state index contributed by atoms with van der Waals surface area (Å²) in [5, 5.41) is 0. The molecule has 5 nitrogen and oxygen atoms in total. The molecule has 0 aliphatic rings. The van der Waals surface area contributed by atoms with Crippen molar-refractivity contribution in [2.75, 3.05) is 13.6 Å². The van der Waals surface area contributed by atoms with Gasteiger partial charge in [-0.2, -0.15) is 0 Å². The molecule has 3 aromatic rings. The minimum absolute atomic E-state index is 0.146. The van der Waals surface area contributed by atoms with Crippen molar-refractivity contribution in [2.45, 2.75) is 17.9 Å². The van der Waals surface area contributed by atoms with E-state index < -0.39 is 10.0 Å². The Balaban J connectivity index is 1.60. The van der Waals surface area contributed by atoms with E-state index in [0.717, 1.165) is 11.1 Å². The Morgan fingerprint density at radius 2 is 1.38 bits per heavy atom. The third-order valence-corrected chi connectivity index (χ3v) is 6.05. The molecule has 0 fully saturated rings. The monoisotopic (exact) mass is 408 g/mol. The van der Waals surface area contributed by atoms with Gasteiger partial charge in [-0.05, 0) is 41.8 Å². The lowest BCUT2D eigenvalue weighted by Crippen LogP contribution is -2.27. The van der Waals surface area contributed by atoms with E-state index in [4.69, 9.17) is 0 Å². The molecule has 0 unspecified atom stereocenters. The SMILES string of the molecule is CN(Cc1ccccc1)C(=O)c1ccc(S(=O)(=O)NCCc2ccccc2)cc1. The van der Waals surface area contributed by atoms with Crippen LogP contribution in [-0.4, -0.2) is 32.8 Å². The van der Waals surface area contributed by atoms with Crippen molar-refractivity contribution in [1.29, 1.82) is 0 Å². The zero-order valence-electron chi connectivity index (χ0n) is 16.3. The third-order valence-electron chi connectivity index (χ3n) is 4.57. The number of nitrogens with zero attached hydrogens (tertiary/aromatic N) is 1. The van der Waals surface area contributed by atoms with Gasteiger partial charge in [0.2, 0.25) is 10.0 Å². The topological polar surface area (TPSA) is 66.5 Å². The summed E-state index contributed by atoms with van der Waals surface area (Å²) < 4.78 is 27.5. The molecule has 3 rings (SSSR count). The Hall–Kier alpha value is -2.96. The van der Waals surface area contributed by atoms with Gasteiger partial charge in [0.25, 0.3) is 5.91 Å². The molecule has 150 valence electrons. The van der Waals surface area contributed by atoms with E-state index in [1.165, 1.54) is 12.1 Å². The van der Waals surface area contributed by atoms with Crippen molar-refractivity contribution in [3.05, 3.63) is 102 Å². The molecule has 0 saturated carbocycles. The Morgan fingerprint density at radius 3 is 1.97 bits per heavy atom. The number of hydrogen-bond donors (Lipinski definition) is 1. The lowest BCUT2D eigenvalue weighted by molar-refractivity contribution is 0.0785. The van der Waals surface area contributed by atoms with Crippen LogP contribution in [0.5, 0.6) is 0 Å². The maximum atomic E-state index is 12.6. The number of benzene rings is 3. The molecule has 0 aliphatic carbocycles. The highest BCUT2D eigenvalue weighted by atomic mass is 32.2. The molecular formula is C23H24N2O3S. The molecule has 0 heterocycles. The maximum Gasteiger partial charge on any atom is 0.253 e. The molecule has 6 heteroatoms. The Bertz CT molecular complexity index is 1030. The first kappa shape index (κ1) is 20.8. The van der Waals surface area contributed by atoms with Crippen LogP contribution in [0.25, 0.3) is 0 Å². The van der Waals surface area contributed by atoms with Gasteiger partial charge in [0.05, 0.1) is 4.90 Å². The quantitative estimate of drug-likeness (QED) is 0.621. The standard InChI is InChI=1S/C23H24N2O3S/c1-25(18-20-10-6-3-7-11-20)23(26)21-12-14-22(15-13-21)29(27,28)24-17-16-19-8-4-2-5-9-19/h2-15,24H,16-18H2,1H3. The average molecular weight is 409 g/mol. The van der Waals surface area contributed by atoms with Crippen molar-refractivity contribution in [3.8, 4) is 0 Å². The first-order valence-corrected chi connectivity index (χ1v) is 10.9. The van der Waals surface area contributed by atoms with E-state index in [1.807, 2.05) is 60.7 Å². The Morgan fingerprint density at radius 1 is 0.828 bits per heavy atom. The van der Waals surface area contributed by atoms with Crippen LogP contribution in [0.15, 0.2) is 89.8 Å². The average Bonchev–Trinajstić information content (AvgIpc) is 2.74. The lowest BCUT2D eigenvalue weighted by Gasteiger charge is -2.17. The van der Waals surface area contributed by atoms with Crippen LogP contribution in [-0.2, 0) is 23.0 Å². The van der Waals surface area contributed by atoms with Crippen molar-refractivity contribution >= 4 is 15.9 Å². The molecule has 0 aromatic heterocycles. The van der Waals surface area contributed by atoms with E-state index in [1.54, 1.807) is 24.1 Å². The van der Waals surface area contributed by atoms with Crippen molar-refractivity contribution in [2.24, 2.45) is 0 Å². The summed E-state index contributed by atoms with van der Waals surface area (Å²) in [4.78, 5) is 14.4. The van der Waals surface area contributed by atoms with Crippen LogP contribution < -0.4 is 4.72 Å². The van der Waals surface area contributed by atoms with E-state index in [-0.39, 0.29) is 10.8 Å². The molecular weight excluding hydrogens is 384 g/mol. The second-order valence-corrected chi connectivity index (χ2v) is 8.57. The molecule has 0 radical (unpaired) electrons. The maximum absolute atomic E-state index is 12.6. The van der Waals surface area contributed by atoms with Gasteiger partial charge in [-0.25, -0.2) is 13.1 Å². The number of amides is 1. The second kappa shape index (κ2) is 9.49. The number of hydrogen-bond acceptors (Lipinski definition) is 3. The molecule has 3 aromatic carbocycles. The summed E-state index contributed by atoms with van der Waals surface area (Å²) in [7, 11) is -1.89. The van der Waals surface area contributed by atoms with Gasteiger partial charge >= 0.3 is 0 Å². The van der Waals surface area contributed by atoms with Crippen molar-refractivity contribution in [3.63, 3.8) is 0 Å². The fourth-order valence-corrected chi connectivity index (χ4v) is 4.02. The summed E-state index contributed by atoms with van der Waals surface area (Å²) in [6, 6.07) is 25.4. The molecule has 29 heavy (non-hydrogen) atoms. The molecule has 0 aliphatic heterocycles. The first-order chi connectivity index (χ1) is 14.0. The van der Waals surface area contributed by atoms with Crippen LogP contribution in [0.4, 0.5) is 0 Å². The number of rotatable bonds is 8. The zero-order chi connectivity index (χ0) is 20.7. The van der Waals surface area contributed by atoms with Gasteiger partial charge in [0, 0.05) is 25.7 Å². The highest BCUT2D eigenvalue weighted by molar-refractivity contribution is 7.89. The van der Waals surface area contributed by atoms with Crippen molar-refractivity contribution in [1.82, 2.24) is 9.62 Å². The molecule has 0 atom stereocenters. The summed E-state index contributed by atoms with van der Waals surface area (Å²) >= 11 is 0. The highest BCUT2D eigenvalue weighted by Gasteiger charge is 2.16. The van der Waals surface area contributed by atoms with Crippen LogP contribution >= 0.6 is 0 Å². The van der Waals surface area contributed by atoms with Crippen LogP contribution in [0, 0.1) is 0 Å². The number of sulfonamides is 1. The number of carbonyl (C=O) groups is 1. The summed E-state index contributed by atoms with van der Waals surface area (Å²) in [6.45, 7) is 0.799. The molecule has 1 amide bonds. The van der Waals surface area contributed by atoms with Crippen LogP contribution in [0.1, 0.15) is 21.5 Å². The van der Waals surface area contributed by atoms with E-state index in [0.29, 0.717) is 25.1 Å². The predicted octanol–water partition coefficient (Wildman–Crippen LogP) is 3.48. The van der Waals surface area contributed by atoms with E-state index in [2.05, 4.69) is 4.72 Å². The molecule has 0 spiro atoms. The number of nitrogens with one attached hydrogen (secondary N) is 1. The molecule has 0 bridgehead atoms. The smallest absolute Gasteiger partial charge is 0.253 e. The van der Waals surface area contributed by atoms with Gasteiger partial charge < -0.3 is 4.90 Å². The second-order valence-electron chi connectivity index (χ2n) is 6.80. The van der Waals surface area contributed by atoms with Crippen LogP contribution in [0.2, 0.25) is 0 Å². The summed E-state index contributed by atoms with van der Waals surface area (Å²) in [6.07, 6.45) is 0.612. The first-order valence-electron chi connectivity index (χ1n) is 9.39. The van der Waals surface area contributed by atoms with Gasteiger partial charge in [-0.1, -0.05) is 60.7 Å². The fraction of sp³-hybridized carbons (Fsp3) is 0.174. The van der Waals surface area contributed by atoms with E-state index in [9.17, 15) is 13.2 Å². The van der Waals surface area contributed by atoms with Crippen molar-refractivity contribution < 1.29 is 13.2 Å². The van der Waals surface area contributed by atoms with Gasteiger partial charge in [-0.3, -0.25) is 4.79 Å². The van der Waals surface area contributed by atoms with Crippen LogP contribution in [0.3, 0.4) is 0 Å². The minimum atomic E-state index is -3.62. The minimum Gasteiger partial charge on any atom is -0.337 e. The molecule has 1 N–H and O–H groups in total.